The standard InChI is InChI=1S/C12H13N3O2S2/c1-9(12-3-2-8-18-12)14-15-19(16,17)11-6-4-10(13)5-7-11/h2-8,15H,13H2,1H3/b14-9+. The average molecular weight is 295 g/mol. The van der Waals surface area contributed by atoms with Gasteiger partial charge in [-0.25, -0.2) is 0 Å². The molecule has 2 rings (SSSR count). The average Bonchev–Trinajstić information content (AvgIpc) is 2.90. The Morgan fingerprint density at radius 2 is 1.95 bits per heavy atom. The van der Waals surface area contributed by atoms with Gasteiger partial charge in [-0.3, -0.25) is 0 Å². The van der Waals surface area contributed by atoms with Crippen molar-refractivity contribution in [3.05, 3.63) is 46.7 Å². The minimum absolute atomic E-state index is 0.129. The van der Waals surface area contributed by atoms with Gasteiger partial charge in [-0.15, -0.1) is 11.3 Å². The van der Waals surface area contributed by atoms with Crippen molar-refractivity contribution in [2.45, 2.75) is 11.8 Å². The molecule has 5 nitrogen and oxygen atoms in total. The lowest BCUT2D eigenvalue weighted by Gasteiger charge is -2.04. The van der Waals surface area contributed by atoms with Crippen LogP contribution in [-0.4, -0.2) is 14.1 Å². The minimum Gasteiger partial charge on any atom is -0.399 e. The predicted octanol–water partition coefficient (Wildman–Crippen LogP) is 2.03. The van der Waals surface area contributed by atoms with E-state index in [9.17, 15) is 8.42 Å². The Hall–Kier alpha value is -1.86. The molecule has 0 saturated heterocycles. The van der Waals surface area contributed by atoms with Crippen molar-refractivity contribution in [3.8, 4) is 0 Å². The van der Waals surface area contributed by atoms with Crippen LogP contribution in [0.3, 0.4) is 0 Å². The molecule has 0 unspecified atom stereocenters. The Bertz CT molecular complexity index is 674. The molecule has 0 fully saturated rings. The molecule has 0 atom stereocenters. The summed E-state index contributed by atoms with van der Waals surface area (Å²) in [7, 11) is -3.65. The number of anilines is 1. The van der Waals surface area contributed by atoms with Gasteiger partial charge in [0.2, 0.25) is 0 Å². The molecule has 1 aromatic carbocycles. The van der Waals surface area contributed by atoms with Crippen LogP contribution in [-0.2, 0) is 10.0 Å². The highest BCUT2D eigenvalue weighted by molar-refractivity contribution is 7.89. The number of nitrogens with zero attached hydrogens (tertiary/aromatic N) is 1. The van der Waals surface area contributed by atoms with E-state index in [0.717, 1.165) is 4.88 Å². The Balaban J connectivity index is 2.18. The second kappa shape index (κ2) is 5.41. The number of nitrogens with two attached hydrogens (primary N) is 1. The summed E-state index contributed by atoms with van der Waals surface area (Å²) in [5, 5.41) is 5.80. The van der Waals surface area contributed by atoms with Crippen molar-refractivity contribution in [3.63, 3.8) is 0 Å². The molecule has 2 aromatic rings. The van der Waals surface area contributed by atoms with Crippen molar-refractivity contribution in [1.29, 1.82) is 0 Å². The predicted molar refractivity (Wildman–Crippen MR) is 77.7 cm³/mol. The summed E-state index contributed by atoms with van der Waals surface area (Å²) < 4.78 is 23.9. The van der Waals surface area contributed by atoms with E-state index in [4.69, 9.17) is 5.73 Å². The molecule has 0 aliphatic carbocycles. The molecular weight excluding hydrogens is 282 g/mol. The molecule has 100 valence electrons. The van der Waals surface area contributed by atoms with Gasteiger partial charge in [-0.1, -0.05) is 6.07 Å². The first kappa shape index (κ1) is 13.6. The lowest BCUT2D eigenvalue weighted by Crippen LogP contribution is -2.19. The lowest BCUT2D eigenvalue weighted by molar-refractivity contribution is 0.584. The molecule has 0 radical (unpaired) electrons. The third kappa shape index (κ3) is 3.33. The molecule has 0 saturated carbocycles. The molecule has 0 aliphatic heterocycles. The molecule has 0 spiro atoms. The third-order valence-electron chi connectivity index (χ3n) is 2.40. The fraction of sp³-hybridized carbons (Fsp3) is 0.0833. The summed E-state index contributed by atoms with van der Waals surface area (Å²) in [5.41, 5.74) is 6.65. The normalized spacial score (nSPS) is 12.4. The van der Waals surface area contributed by atoms with Gasteiger partial charge < -0.3 is 5.73 Å². The number of thiophene rings is 1. The molecule has 1 heterocycles. The summed E-state index contributed by atoms with van der Waals surface area (Å²) in [5.74, 6) is 0. The molecule has 0 bridgehead atoms. The van der Waals surface area contributed by atoms with Crippen LogP contribution in [0.15, 0.2) is 51.8 Å². The fourth-order valence-corrected chi connectivity index (χ4v) is 2.90. The molecule has 1 aromatic heterocycles. The van der Waals surface area contributed by atoms with Crippen molar-refractivity contribution in [2.75, 3.05) is 5.73 Å². The number of hydrazone groups is 1. The van der Waals surface area contributed by atoms with Crippen molar-refractivity contribution >= 4 is 32.8 Å². The zero-order valence-corrected chi connectivity index (χ0v) is 11.8. The zero-order valence-electron chi connectivity index (χ0n) is 10.2. The number of hydrogen-bond donors (Lipinski definition) is 2. The van der Waals surface area contributed by atoms with Crippen LogP contribution in [0, 0.1) is 0 Å². The van der Waals surface area contributed by atoms with Gasteiger partial charge >= 0.3 is 0 Å². The molecule has 3 N–H and O–H groups in total. The van der Waals surface area contributed by atoms with Crippen LogP contribution < -0.4 is 10.6 Å². The van der Waals surface area contributed by atoms with Gasteiger partial charge in [0.15, 0.2) is 0 Å². The smallest absolute Gasteiger partial charge is 0.276 e. The Morgan fingerprint density at radius 3 is 2.53 bits per heavy atom. The van der Waals surface area contributed by atoms with Gasteiger partial charge in [-0.05, 0) is 42.6 Å². The van der Waals surface area contributed by atoms with Gasteiger partial charge in [0.25, 0.3) is 10.0 Å². The van der Waals surface area contributed by atoms with E-state index < -0.39 is 10.0 Å². The highest BCUT2D eigenvalue weighted by Gasteiger charge is 2.12. The molecule has 0 aliphatic rings. The Morgan fingerprint density at radius 1 is 1.26 bits per heavy atom. The number of nitrogen functional groups attached to an aromatic ring is 1. The van der Waals surface area contributed by atoms with Gasteiger partial charge in [0, 0.05) is 5.69 Å². The van der Waals surface area contributed by atoms with Gasteiger partial charge in [0.05, 0.1) is 15.5 Å². The topological polar surface area (TPSA) is 84.5 Å². The largest absolute Gasteiger partial charge is 0.399 e. The SMILES string of the molecule is C/C(=N\NS(=O)(=O)c1ccc(N)cc1)c1cccs1. The van der Waals surface area contributed by atoms with E-state index in [1.54, 1.807) is 6.92 Å². The maximum Gasteiger partial charge on any atom is 0.276 e. The maximum absolute atomic E-state index is 12.0. The number of benzene rings is 1. The molecule has 19 heavy (non-hydrogen) atoms. The molecule has 0 amide bonds. The quantitative estimate of drug-likeness (QED) is 0.514. The van der Waals surface area contributed by atoms with Crippen LogP contribution in [0.1, 0.15) is 11.8 Å². The zero-order chi connectivity index (χ0) is 13.9. The number of rotatable bonds is 4. The second-order valence-electron chi connectivity index (χ2n) is 3.84. The summed E-state index contributed by atoms with van der Waals surface area (Å²) in [6.45, 7) is 1.75. The van der Waals surface area contributed by atoms with Crippen molar-refractivity contribution < 1.29 is 8.42 Å². The van der Waals surface area contributed by atoms with Gasteiger partial charge in [0.1, 0.15) is 0 Å². The summed E-state index contributed by atoms with van der Waals surface area (Å²) in [4.78, 5) is 3.25. The number of nitrogens with one attached hydrogen (secondary N) is 1. The monoisotopic (exact) mass is 295 g/mol. The van der Waals surface area contributed by atoms with E-state index in [1.807, 2.05) is 17.5 Å². The fourth-order valence-electron chi connectivity index (χ4n) is 1.37. The highest BCUT2D eigenvalue weighted by atomic mass is 32.2. The van der Waals surface area contributed by atoms with Gasteiger partial charge in [-0.2, -0.15) is 18.4 Å². The molecular formula is C12H13N3O2S2. The minimum atomic E-state index is -3.65. The maximum atomic E-state index is 12.0. The molecule has 7 heteroatoms. The van der Waals surface area contributed by atoms with Crippen molar-refractivity contribution in [2.24, 2.45) is 5.10 Å². The van der Waals surface area contributed by atoms with Crippen molar-refractivity contribution in [1.82, 2.24) is 4.83 Å². The first-order valence-corrected chi connectivity index (χ1v) is 7.81. The Labute approximate surface area is 115 Å². The van der Waals surface area contributed by atoms with E-state index in [1.165, 1.54) is 35.6 Å². The second-order valence-corrected chi connectivity index (χ2v) is 6.45. The van der Waals surface area contributed by atoms with E-state index in [0.29, 0.717) is 11.4 Å². The van der Waals surface area contributed by atoms with Crippen LogP contribution >= 0.6 is 11.3 Å². The van der Waals surface area contributed by atoms with Crippen LogP contribution in [0.5, 0.6) is 0 Å². The lowest BCUT2D eigenvalue weighted by atomic mass is 10.3. The van der Waals surface area contributed by atoms with Crippen LogP contribution in [0.25, 0.3) is 0 Å². The third-order valence-corrected chi connectivity index (χ3v) is 4.60. The Kier molecular flexibility index (Phi) is 3.87. The van der Waals surface area contributed by atoms with E-state index >= 15 is 0 Å². The van der Waals surface area contributed by atoms with Crippen LogP contribution in [0.4, 0.5) is 5.69 Å². The van der Waals surface area contributed by atoms with Crippen LogP contribution in [0.2, 0.25) is 0 Å². The highest BCUT2D eigenvalue weighted by Crippen LogP contribution is 2.12. The first-order valence-electron chi connectivity index (χ1n) is 5.44. The van der Waals surface area contributed by atoms with E-state index in [-0.39, 0.29) is 4.90 Å². The first-order chi connectivity index (χ1) is 8.99. The number of hydrogen-bond acceptors (Lipinski definition) is 5. The summed E-state index contributed by atoms with van der Waals surface area (Å²) in [6, 6.07) is 9.70. The number of sulfonamides is 1. The summed E-state index contributed by atoms with van der Waals surface area (Å²) >= 11 is 1.50. The van der Waals surface area contributed by atoms with E-state index in [2.05, 4.69) is 9.93 Å². The summed E-state index contributed by atoms with van der Waals surface area (Å²) in [6.07, 6.45) is 0.